The van der Waals surface area contributed by atoms with E-state index < -0.39 is 17.9 Å². The summed E-state index contributed by atoms with van der Waals surface area (Å²) in [6.45, 7) is 1.89. The van der Waals surface area contributed by atoms with Gasteiger partial charge in [0.1, 0.15) is 12.6 Å². The molecule has 0 radical (unpaired) electrons. The van der Waals surface area contributed by atoms with Gasteiger partial charge in [0.15, 0.2) is 0 Å². The van der Waals surface area contributed by atoms with Gasteiger partial charge in [0, 0.05) is 25.5 Å². The Morgan fingerprint density at radius 3 is 2.59 bits per heavy atom. The van der Waals surface area contributed by atoms with Crippen molar-refractivity contribution in [1.29, 1.82) is 5.26 Å². The normalized spacial score (nSPS) is 20.4. The molecular formula is C20H31N3O6. The minimum atomic E-state index is -0.747. The Bertz CT molecular complexity index is 602. The molecule has 0 bridgehead atoms. The van der Waals surface area contributed by atoms with E-state index in [9.17, 15) is 19.6 Å². The van der Waals surface area contributed by atoms with Gasteiger partial charge in [-0.05, 0) is 25.2 Å². The zero-order chi connectivity index (χ0) is 21.1. The Labute approximate surface area is 171 Å². The van der Waals surface area contributed by atoms with Crippen LogP contribution in [0.15, 0.2) is 0 Å². The molecule has 2 aliphatic rings. The molecule has 9 nitrogen and oxygen atoms in total. The highest BCUT2D eigenvalue weighted by Gasteiger charge is 2.33. The lowest BCUT2D eigenvalue weighted by Crippen LogP contribution is -2.41. The van der Waals surface area contributed by atoms with Crippen LogP contribution in [-0.4, -0.2) is 63.9 Å². The van der Waals surface area contributed by atoms with Gasteiger partial charge in [0.05, 0.1) is 32.3 Å². The van der Waals surface area contributed by atoms with Gasteiger partial charge in [-0.1, -0.05) is 12.8 Å². The average molecular weight is 409 g/mol. The molecule has 0 aromatic rings. The predicted molar refractivity (Wildman–Crippen MR) is 102 cm³/mol. The van der Waals surface area contributed by atoms with E-state index in [-0.39, 0.29) is 43.8 Å². The predicted octanol–water partition coefficient (Wildman–Crippen LogP) is 0.534. The fourth-order valence-electron chi connectivity index (χ4n) is 3.35. The maximum Gasteiger partial charge on any atom is 0.306 e. The number of hydrogen-bond acceptors (Lipinski definition) is 7. The summed E-state index contributed by atoms with van der Waals surface area (Å²) in [5.41, 5.74) is 0. The van der Waals surface area contributed by atoms with Crippen molar-refractivity contribution in [2.24, 2.45) is 17.8 Å². The number of rotatable bonds is 14. The quantitative estimate of drug-likeness (QED) is 0.316. The van der Waals surface area contributed by atoms with Crippen LogP contribution < -0.4 is 10.6 Å². The van der Waals surface area contributed by atoms with Crippen molar-refractivity contribution < 1.29 is 28.6 Å². The van der Waals surface area contributed by atoms with Gasteiger partial charge in [-0.2, -0.15) is 5.26 Å². The number of nitrogens with one attached hydrogen (secondary N) is 2. The molecule has 1 saturated heterocycles. The number of carbonyl (C=O) groups excluding carboxylic acids is 3. The van der Waals surface area contributed by atoms with E-state index in [1.807, 2.05) is 0 Å². The molecule has 0 spiro atoms. The van der Waals surface area contributed by atoms with Gasteiger partial charge >= 0.3 is 5.97 Å². The number of carbonyl (C=O) groups is 3. The fourth-order valence-corrected chi connectivity index (χ4v) is 3.35. The van der Waals surface area contributed by atoms with Crippen molar-refractivity contribution >= 4 is 17.8 Å². The molecule has 2 N–H and O–H groups in total. The van der Waals surface area contributed by atoms with E-state index in [4.69, 9.17) is 14.2 Å². The van der Waals surface area contributed by atoms with Crippen LogP contribution in [0.4, 0.5) is 0 Å². The summed E-state index contributed by atoms with van der Waals surface area (Å²) in [6.07, 6.45) is 3.63. The molecule has 1 aliphatic heterocycles. The number of nitriles is 1. The first kappa shape index (κ1) is 23.1. The summed E-state index contributed by atoms with van der Waals surface area (Å²) in [5.74, 6) is -1.20. The van der Waals surface area contributed by atoms with Crippen molar-refractivity contribution in [2.45, 2.75) is 44.6 Å². The number of amides is 2. The molecule has 29 heavy (non-hydrogen) atoms. The van der Waals surface area contributed by atoms with Crippen LogP contribution in [0, 0.1) is 29.1 Å². The molecule has 2 amide bonds. The van der Waals surface area contributed by atoms with Crippen molar-refractivity contribution in [3.05, 3.63) is 0 Å². The molecule has 0 unspecified atom stereocenters. The summed E-state index contributed by atoms with van der Waals surface area (Å²) < 4.78 is 15.3. The number of methoxy groups -OCH3 is 1. The average Bonchev–Trinajstić information content (AvgIpc) is 3.43. The van der Waals surface area contributed by atoms with E-state index in [0.717, 1.165) is 12.8 Å². The second kappa shape index (κ2) is 12.4. The smallest absolute Gasteiger partial charge is 0.306 e. The monoisotopic (exact) mass is 409 g/mol. The maximum absolute atomic E-state index is 12.7. The first-order chi connectivity index (χ1) is 14.0. The molecule has 0 aromatic heterocycles. The Hall–Kier alpha value is -2.18. The number of hydrogen-bond donors (Lipinski definition) is 2. The summed E-state index contributed by atoms with van der Waals surface area (Å²) in [6, 6.07) is 1.31. The molecule has 2 fully saturated rings. The van der Waals surface area contributed by atoms with Gasteiger partial charge in [0.25, 0.3) is 0 Å². The number of nitrogens with zero attached hydrogens (tertiary/aromatic N) is 1. The molecule has 3 atom stereocenters. The van der Waals surface area contributed by atoms with Crippen LogP contribution in [0.2, 0.25) is 0 Å². The van der Waals surface area contributed by atoms with Crippen molar-refractivity contribution in [3.8, 4) is 6.07 Å². The lowest BCUT2D eigenvalue weighted by atomic mass is 9.95. The summed E-state index contributed by atoms with van der Waals surface area (Å²) in [5, 5.41) is 14.8. The first-order valence-corrected chi connectivity index (χ1v) is 10.2. The summed E-state index contributed by atoms with van der Waals surface area (Å²) in [4.78, 5) is 36.5. The second-order valence-corrected chi connectivity index (χ2v) is 7.61. The molecule has 162 valence electrons. The topological polar surface area (TPSA) is 127 Å². The van der Waals surface area contributed by atoms with Crippen LogP contribution in [0.3, 0.4) is 0 Å². The molecule has 9 heteroatoms. The molecular weight excluding hydrogens is 378 g/mol. The van der Waals surface area contributed by atoms with E-state index >= 15 is 0 Å². The molecule has 1 saturated carbocycles. The molecule has 1 aliphatic carbocycles. The van der Waals surface area contributed by atoms with Gasteiger partial charge in [0.2, 0.25) is 11.8 Å². The summed E-state index contributed by atoms with van der Waals surface area (Å²) in [7, 11) is 1.58. The van der Waals surface area contributed by atoms with E-state index in [1.165, 1.54) is 0 Å². The third-order valence-electron chi connectivity index (χ3n) is 5.18. The SMILES string of the molecule is COCCOCCOC(=O)C[C@@H](CC1CC1)C(=O)N[C@H](C#N)C[C@@H]1CCNC1=O. The first-order valence-electron chi connectivity index (χ1n) is 10.2. The van der Waals surface area contributed by atoms with E-state index in [2.05, 4.69) is 16.7 Å². The zero-order valence-electron chi connectivity index (χ0n) is 17.0. The highest BCUT2D eigenvalue weighted by Crippen LogP contribution is 2.36. The van der Waals surface area contributed by atoms with Crippen molar-refractivity contribution in [1.82, 2.24) is 10.6 Å². The Morgan fingerprint density at radius 1 is 1.21 bits per heavy atom. The van der Waals surface area contributed by atoms with Crippen LogP contribution in [0.1, 0.15) is 38.5 Å². The Kier molecular flexibility index (Phi) is 9.88. The van der Waals surface area contributed by atoms with Crippen LogP contribution in [0.25, 0.3) is 0 Å². The molecule has 1 heterocycles. The van der Waals surface area contributed by atoms with Crippen molar-refractivity contribution in [3.63, 3.8) is 0 Å². The fraction of sp³-hybridized carbons (Fsp3) is 0.800. The van der Waals surface area contributed by atoms with E-state index in [1.54, 1.807) is 7.11 Å². The number of esters is 1. The van der Waals surface area contributed by atoms with Gasteiger partial charge in [-0.3, -0.25) is 14.4 Å². The second-order valence-electron chi connectivity index (χ2n) is 7.61. The van der Waals surface area contributed by atoms with Crippen LogP contribution in [0.5, 0.6) is 0 Å². The Morgan fingerprint density at radius 2 is 1.97 bits per heavy atom. The van der Waals surface area contributed by atoms with Crippen LogP contribution >= 0.6 is 0 Å². The molecule has 2 rings (SSSR count). The Balaban J connectivity index is 1.77. The minimum absolute atomic E-state index is 0.0253. The highest BCUT2D eigenvalue weighted by atomic mass is 16.6. The largest absolute Gasteiger partial charge is 0.463 e. The number of ether oxygens (including phenoxy) is 3. The third kappa shape index (κ3) is 8.79. The summed E-state index contributed by atoms with van der Waals surface area (Å²) >= 11 is 0. The van der Waals surface area contributed by atoms with Gasteiger partial charge in [-0.15, -0.1) is 0 Å². The maximum atomic E-state index is 12.7. The van der Waals surface area contributed by atoms with Crippen molar-refractivity contribution in [2.75, 3.05) is 40.1 Å². The standard InChI is InChI=1S/C20H31N3O6/c1-27-6-7-28-8-9-29-18(24)12-16(10-14-2-3-14)20(26)23-17(13-21)11-15-4-5-22-19(15)25/h14-17H,2-12H2,1H3,(H,22,25)(H,23,26)/t15-,16+,17-/m0/s1. The highest BCUT2D eigenvalue weighted by molar-refractivity contribution is 5.84. The van der Waals surface area contributed by atoms with E-state index in [0.29, 0.717) is 38.5 Å². The lowest BCUT2D eigenvalue weighted by Gasteiger charge is -2.20. The lowest BCUT2D eigenvalue weighted by molar-refractivity contribution is -0.148. The zero-order valence-corrected chi connectivity index (χ0v) is 17.0. The minimum Gasteiger partial charge on any atom is -0.463 e. The third-order valence-corrected chi connectivity index (χ3v) is 5.18. The molecule has 0 aromatic carbocycles. The van der Waals surface area contributed by atoms with Crippen LogP contribution in [-0.2, 0) is 28.6 Å². The van der Waals surface area contributed by atoms with Gasteiger partial charge in [-0.25, -0.2) is 0 Å². The van der Waals surface area contributed by atoms with Gasteiger partial charge < -0.3 is 24.8 Å².